The summed E-state index contributed by atoms with van der Waals surface area (Å²) in [6, 6.07) is 18.5. The van der Waals surface area contributed by atoms with Crippen LogP contribution in [0.15, 0.2) is 60.8 Å². The van der Waals surface area contributed by atoms with E-state index in [1.165, 1.54) is 5.56 Å². The Bertz CT molecular complexity index is 1100. The van der Waals surface area contributed by atoms with Gasteiger partial charge in [0.05, 0.1) is 23.3 Å². The van der Waals surface area contributed by atoms with E-state index in [1.54, 1.807) is 6.20 Å². The van der Waals surface area contributed by atoms with Crippen molar-refractivity contribution in [1.29, 1.82) is 0 Å². The van der Waals surface area contributed by atoms with Crippen molar-refractivity contribution in [3.05, 3.63) is 82.5 Å². The molecule has 2 aromatic carbocycles. The highest BCUT2D eigenvalue weighted by Gasteiger charge is 2.38. The Kier molecular flexibility index (Phi) is 6.17. The molecule has 1 aromatic heterocycles. The molecule has 168 valence electrons. The molecule has 4 nitrogen and oxygen atoms in total. The molecule has 4 rings (SSSR count). The molecule has 0 radical (unpaired) electrons. The van der Waals surface area contributed by atoms with Crippen molar-refractivity contribution in [1.82, 2.24) is 9.78 Å². The van der Waals surface area contributed by atoms with E-state index in [0.29, 0.717) is 17.0 Å². The van der Waals surface area contributed by atoms with Gasteiger partial charge in [-0.15, -0.1) is 0 Å². The molecular formula is C27H32ClN3O. The second kappa shape index (κ2) is 8.74. The van der Waals surface area contributed by atoms with Crippen LogP contribution in [0.3, 0.4) is 0 Å². The lowest BCUT2D eigenvalue weighted by atomic mass is 9.71. The normalized spacial score (nSPS) is 17.5. The Labute approximate surface area is 196 Å². The number of fused-ring (bicyclic) bond motifs is 1. The number of rotatable bonds is 7. The number of halogens is 1. The molecule has 0 fully saturated rings. The maximum absolute atomic E-state index is 13.7. The third-order valence-corrected chi connectivity index (χ3v) is 7.38. The zero-order chi connectivity index (χ0) is 22.9. The predicted octanol–water partition coefficient (Wildman–Crippen LogP) is 7.16. The van der Waals surface area contributed by atoms with E-state index < -0.39 is 0 Å². The summed E-state index contributed by atoms with van der Waals surface area (Å²) >= 11 is 6.29. The first-order valence-electron chi connectivity index (χ1n) is 11.5. The third kappa shape index (κ3) is 4.09. The number of hydrogen-bond donors (Lipinski definition) is 1. The Balaban J connectivity index is 1.68. The van der Waals surface area contributed by atoms with Gasteiger partial charge in [0.25, 0.3) is 0 Å². The summed E-state index contributed by atoms with van der Waals surface area (Å²) < 4.78 is 1.98. The van der Waals surface area contributed by atoms with Crippen LogP contribution < -0.4 is 5.32 Å². The summed E-state index contributed by atoms with van der Waals surface area (Å²) in [7, 11) is 0. The van der Waals surface area contributed by atoms with Crippen LogP contribution in [0.25, 0.3) is 0 Å². The topological polar surface area (TPSA) is 46.9 Å². The number of nitrogens with one attached hydrogen (secondary N) is 1. The van der Waals surface area contributed by atoms with Crippen molar-refractivity contribution in [3.8, 4) is 0 Å². The van der Waals surface area contributed by atoms with Crippen LogP contribution in [-0.2, 0) is 11.0 Å². The maximum atomic E-state index is 13.7. The van der Waals surface area contributed by atoms with Crippen LogP contribution >= 0.6 is 11.6 Å². The fourth-order valence-corrected chi connectivity index (χ4v) is 5.26. The predicted molar refractivity (Wildman–Crippen MR) is 132 cm³/mol. The number of ketones is 1. The van der Waals surface area contributed by atoms with Crippen molar-refractivity contribution in [2.45, 2.75) is 70.4 Å². The molecule has 0 aliphatic carbocycles. The van der Waals surface area contributed by atoms with Crippen LogP contribution in [0.1, 0.15) is 80.9 Å². The molecule has 1 aliphatic heterocycles. The largest absolute Gasteiger partial charge is 0.363 e. The van der Waals surface area contributed by atoms with Gasteiger partial charge in [0.15, 0.2) is 5.78 Å². The number of benzene rings is 2. The molecule has 0 bridgehead atoms. The van der Waals surface area contributed by atoms with Crippen LogP contribution in [0, 0.1) is 0 Å². The standard InChI is InChI=1S/C27H32ClN3O/c1-5-27(6-2,20-13-10-14-21(28)15-20)17-24(32)22-18-29-31-25(22)30-23(16-26(31,3)4)19-11-8-7-9-12-19/h7-15,18,23,30H,5-6,16-17H2,1-4H3. The Hall–Kier alpha value is -2.59. The van der Waals surface area contributed by atoms with E-state index in [1.807, 2.05) is 28.9 Å². The Morgan fingerprint density at radius 2 is 1.88 bits per heavy atom. The summed E-state index contributed by atoms with van der Waals surface area (Å²) in [4.78, 5) is 13.7. The van der Waals surface area contributed by atoms with Crippen molar-refractivity contribution in [2.24, 2.45) is 0 Å². The fourth-order valence-electron chi connectivity index (χ4n) is 5.07. The first kappa shape index (κ1) is 22.6. The summed E-state index contributed by atoms with van der Waals surface area (Å²) in [6.45, 7) is 8.67. The van der Waals surface area contributed by atoms with Gasteiger partial charge < -0.3 is 5.32 Å². The highest BCUT2D eigenvalue weighted by Crippen LogP contribution is 2.42. The third-order valence-electron chi connectivity index (χ3n) is 7.15. The molecule has 0 saturated carbocycles. The average Bonchev–Trinajstić information content (AvgIpc) is 3.23. The number of aromatic nitrogens is 2. The molecule has 1 aliphatic rings. The molecule has 0 saturated heterocycles. The molecule has 2 heterocycles. The van der Waals surface area contributed by atoms with E-state index in [4.69, 9.17) is 11.6 Å². The van der Waals surface area contributed by atoms with E-state index in [0.717, 1.165) is 30.6 Å². The van der Waals surface area contributed by atoms with Crippen molar-refractivity contribution < 1.29 is 4.79 Å². The minimum atomic E-state index is -0.250. The van der Waals surface area contributed by atoms with Crippen LogP contribution in [-0.4, -0.2) is 15.6 Å². The number of carbonyl (C=O) groups is 1. The Morgan fingerprint density at radius 1 is 1.16 bits per heavy atom. The summed E-state index contributed by atoms with van der Waals surface area (Å²) in [6.07, 6.45) is 4.80. The Morgan fingerprint density at radius 3 is 2.53 bits per heavy atom. The van der Waals surface area contributed by atoms with E-state index in [-0.39, 0.29) is 22.8 Å². The molecular weight excluding hydrogens is 418 g/mol. The van der Waals surface area contributed by atoms with Crippen LogP contribution in [0.4, 0.5) is 5.82 Å². The highest BCUT2D eigenvalue weighted by atomic mass is 35.5. The number of anilines is 1. The average molecular weight is 450 g/mol. The zero-order valence-electron chi connectivity index (χ0n) is 19.4. The molecule has 0 amide bonds. The number of nitrogens with zero attached hydrogens (tertiary/aromatic N) is 2. The van der Waals surface area contributed by atoms with Gasteiger partial charge in [0, 0.05) is 16.9 Å². The minimum absolute atomic E-state index is 0.118. The van der Waals surface area contributed by atoms with Gasteiger partial charge in [0.2, 0.25) is 0 Å². The van der Waals surface area contributed by atoms with Crippen LogP contribution in [0.2, 0.25) is 5.02 Å². The van der Waals surface area contributed by atoms with Crippen molar-refractivity contribution >= 4 is 23.2 Å². The second-order valence-corrected chi connectivity index (χ2v) is 9.98. The molecule has 32 heavy (non-hydrogen) atoms. The molecule has 3 aromatic rings. The van der Waals surface area contributed by atoms with Gasteiger partial charge in [-0.1, -0.05) is 67.9 Å². The maximum Gasteiger partial charge on any atom is 0.169 e. The van der Waals surface area contributed by atoms with E-state index in [9.17, 15) is 4.79 Å². The smallest absolute Gasteiger partial charge is 0.169 e. The quantitative estimate of drug-likeness (QED) is 0.389. The van der Waals surface area contributed by atoms with E-state index in [2.05, 4.69) is 68.4 Å². The zero-order valence-corrected chi connectivity index (χ0v) is 20.1. The van der Waals surface area contributed by atoms with Crippen LogP contribution in [0.5, 0.6) is 0 Å². The molecule has 1 atom stereocenters. The number of carbonyl (C=O) groups excluding carboxylic acids is 1. The fraction of sp³-hybridized carbons (Fsp3) is 0.407. The number of hydrogen-bond acceptors (Lipinski definition) is 3. The van der Waals surface area contributed by atoms with Gasteiger partial charge in [-0.05, 0) is 56.4 Å². The minimum Gasteiger partial charge on any atom is -0.363 e. The van der Waals surface area contributed by atoms with Gasteiger partial charge >= 0.3 is 0 Å². The van der Waals surface area contributed by atoms with Crippen molar-refractivity contribution in [2.75, 3.05) is 5.32 Å². The summed E-state index contributed by atoms with van der Waals surface area (Å²) in [5, 5.41) is 8.97. The SMILES string of the molecule is CCC(CC)(CC(=O)c1cnn2c1NC(c1ccccc1)CC2(C)C)c1cccc(Cl)c1. The van der Waals surface area contributed by atoms with Gasteiger partial charge in [-0.25, -0.2) is 4.68 Å². The summed E-state index contributed by atoms with van der Waals surface area (Å²) in [5.74, 6) is 0.944. The van der Waals surface area contributed by atoms with Gasteiger partial charge in [-0.2, -0.15) is 5.10 Å². The first-order valence-corrected chi connectivity index (χ1v) is 11.9. The molecule has 0 spiro atoms. The van der Waals surface area contributed by atoms with Gasteiger partial charge in [-0.3, -0.25) is 4.79 Å². The van der Waals surface area contributed by atoms with Crippen molar-refractivity contribution in [3.63, 3.8) is 0 Å². The van der Waals surface area contributed by atoms with Gasteiger partial charge in [0.1, 0.15) is 5.82 Å². The monoisotopic (exact) mass is 449 g/mol. The highest BCUT2D eigenvalue weighted by molar-refractivity contribution is 6.30. The lowest BCUT2D eigenvalue weighted by molar-refractivity contribution is 0.0944. The molecule has 1 unspecified atom stereocenters. The lowest BCUT2D eigenvalue weighted by Crippen LogP contribution is -2.38. The van der Waals surface area contributed by atoms with E-state index >= 15 is 0 Å². The molecule has 5 heteroatoms. The molecule has 1 N–H and O–H groups in total. The summed E-state index contributed by atoms with van der Waals surface area (Å²) in [5.41, 5.74) is 2.58. The second-order valence-electron chi connectivity index (χ2n) is 9.54. The first-order chi connectivity index (χ1) is 15.3. The number of Topliss-reactive ketones (excluding diaryl/α,β-unsaturated/α-hetero) is 1. The lowest BCUT2D eigenvalue weighted by Gasteiger charge is -2.38.